The maximum Gasteiger partial charge on any atom is 0.165 e. The van der Waals surface area contributed by atoms with E-state index in [2.05, 4.69) is 16.4 Å². The van der Waals surface area contributed by atoms with E-state index in [1.54, 1.807) is 6.20 Å². The lowest BCUT2D eigenvalue weighted by atomic mass is 9.98. The summed E-state index contributed by atoms with van der Waals surface area (Å²) >= 11 is 0. The Balaban J connectivity index is 2.31. The normalized spacial score (nSPS) is 13.4. The predicted molar refractivity (Wildman–Crippen MR) is 67.3 cm³/mol. The standard InChI is InChI=1S/C14H13N3/c1-14(11-15,13-9-5-6-10-16-13)17-12-7-3-2-4-8-12/h2-10,17H,1H3. The van der Waals surface area contributed by atoms with Crippen LogP contribution in [0.1, 0.15) is 12.6 Å². The molecule has 3 heteroatoms. The van der Waals surface area contributed by atoms with E-state index in [0.717, 1.165) is 5.69 Å². The Bertz CT molecular complexity index is 516. The summed E-state index contributed by atoms with van der Waals surface area (Å²) < 4.78 is 0. The lowest BCUT2D eigenvalue weighted by molar-refractivity contribution is 0.678. The molecule has 3 nitrogen and oxygen atoms in total. The highest BCUT2D eigenvalue weighted by molar-refractivity contribution is 5.49. The number of pyridine rings is 1. The van der Waals surface area contributed by atoms with Crippen LogP contribution in [-0.2, 0) is 5.54 Å². The number of hydrogen-bond acceptors (Lipinski definition) is 3. The molecule has 0 aliphatic rings. The van der Waals surface area contributed by atoms with Crippen LogP contribution in [0.4, 0.5) is 5.69 Å². The summed E-state index contributed by atoms with van der Waals surface area (Å²) in [6.07, 6.45) is 1.69. The lowest BCUT2D eigenvalue weighted by Crippen LogP contribution is -2.30. The molecule has 0 fully saturated rings. The molecule has 0 saturated heterocycles. The molecule has 0 aliphatic carbocycles. The van der Waals surface area contributed by atoms with Gasteiger partial charge in [-0.15, -0.1) is 0 Å². The third-order valence-corrected chi connectivity index (χ3v) is 2.57. The molecule has 1 heterocycles. The molecular weight excluding hydrogens is 210 g/mol. The fourth-order valence-electron chi connectivity index (χ4n) is 1.62. The van der Waals surface area contributed by atoms with Crippen molar-refractivity contribution in [2.75, 3.05) is 5.32 Å². The first-order valence-electron chi connectivity index (χ1n) is 5.40. The Hall–Kier alpha value is -2.34. The SMILES string of the molecule is CC(C#N)(Nc1ccccc1)c1ccccn1. The van der Waals surface area contributed by atoms with E-state index in [-0.39, 0.29) is 0 Å². The van der Waals surface area contributed by atoms with Crippen LogP contribution >= 0.6 is 0 Å². The Morgan fingerprint density at radius 3 is 2.41 bits per heavy atom. The predicted octanol–water partition coefficient (Wildman–Crippen LogP) is 2.93. The van der Waals surface area contributed by atoms with Gasteiger partial charge in [0, 0.05) is 11.9 Å². The molecule has 1 N–H and O–H groups in total. The summed E-state index contributed by atoms with van der Waals surface area (Å²) in [4.78, 5) is 4.23. The Labute approximate surface area is 101 Å². The van der Waals surface area contributed by atoms with E-state index in [1.165, 1.54) is 0 Å². The molecule has 0 radical (unpaired) electrons. The van der Waals surface area contributed by atoms with Crippen LogP contribution in [-0.4, -0.2) is 4.98 Å². The number of benzene rings is 1. The minimum atomic E-state index is -0.817. The fourth-order valence-corrected chi connectivity index (χ4v) is 1.62. The summed E-state index contributed by atoms with van der Waals surface area (Å²) in [5, 5.41) is 12.5. The molecule has 2 aromatic rings. The molecule has 17 heavy (non-hydrogen) atoms. The van der Waals surface area contributed by atoms with Crippen molar-refractivity contribution >= 4 is 5.69 Å². The van der Waals surface area contributed by atoms with Crippen LogP contribution in [0.5, 0.6) is 0 Å². The van der Waals surface area contributed by atoms with Crippen LogP contribution in [0.2, 0.25) is 0 Å². The van der Waals surface area contributed by atoms with Gasteiger partial charge in [0.05, 0.1) is 11.8 Å². The third kappa shape index (κ3) is 2.43. The van der Waals surface area contributed by atoms with Gasteiger partial charge in [0.1, 0.15) is 0 Å². The van der Waals surface area contributed by atoms with Crippen molar-refractivity contribution in [1.29, 1.82) is 5.26 Å². The second-order valence-electron chi connectivity index (χ2n) is 3.94. The Kier molecular flexibility index (Phi) is 3.06. The van der Waals surface area contributed by atoms with E-state index >= 15 is 0 Å². The van der Waals surface area contributed by atoms with Gasteiger partial charge >= 0.3 is 0 Å². The molecular formula is C14H13N3. The van der Waals surface area contributed by atoms with Gasteiger partial charge in [-0.25, -0.2) is 0 Å². The van der Waals surface area contributed by atoms with Crippen molar-refractivity contribution < 1.29 is 0 Å². The summed E-state index contributed by atoms with van der Waals surface area (Å²) in [5.74, 6) is 0. The van der Waals surface area contributed by atoms with Gasteiger partial charge in [-0.1, -0.05) is 24.3 Å². The molecule has 1 aromatic carbocycles. The van der Waals surface area contributed by atoms with Gasteiger partial charge in [0.2, 0.25) is 0 Å². The monoisotopic (exact) mass is 223 g/mol. The summed E-state index contributed by atoms with van der Waals surface area (Å²) in [6.45, 7) is 1.82. The number of anilines is 1. The zero-order valence-corrected chi connectivity index (χ0v) is 9.59. The zero-order chi connectivity index (χ0) is 12.1. The second kappa shape index (κ2) is 4.67. The van der Waals surface area contributed by atoms with Crippen LogP contribution in [0, 0.1) is 11.3 Å². The van der Waals surface area contributed by atoms with E-state index in [9.17, 15) is 5.26 Å². The summed E-state index contributed by atoms with van der Waals surface area (Å²) in [5.41, 5.74) is 0.802. The highest BCUT2D eigenvalue weighted by Crippen LogP contribution is 2.23. The molecule has 0 bridgehead atoms. The van der Waals surface area contributed by atoms with Gasteiger partial charge in [0.25, 0.3) is 0 Å². The fraction of sp³-hybridized carbons (Fsp3) is 0.143. The second-order valence-corrected chi connectivity index (χ2v) is 3.94. The van der Waals surface area contributed by atoms with Crippen molar-refractivity contribution in [1.82, 2.24) is 4.98 Å². The molecule has 0 amide bonds. The molecule has 1 atom stereocenters. The average molecular weight is 223 g/mol. The van der Waals surface area contributed by atoms with E-state index in [1.807, 2.05) is 55.5 Å². The minimum absolute atomic E-state index is 0.714. The first kappa shape index (κ1) is 11.2. The van der Waals surface area contributed by atoms with E-state index < -0.39 is 5.54 Å². The van der Waals surface area contributed by atoms with Gasteiger partial charge in [0.15, 0.2) is 5.54 Å². The van der Waals surface area contributed by atoms with Crippen LogP contribution in [0.25, 0.3) is 0 Å². The molecule has 1 unspecified atom stereocenters. The number of nitrogens with one attached hydrogen (secondary N) is 1. The molecule has 2 rings (SSSR count). The van der Waals surface area contributed by atoms with Gasteiger partial charge in [-0.3, -0.25) is 4.98 Å². The highest BCUT2D eigenvalue weighted by atomic mass is 15.0. The molecule has 0 spiro atoms. The summed E-state index contributed by atoms with van der Waals surface area (Å²) in [7, 11) is 0. The maximum absolute atomic E-state index is 9.35. The van der Waals surface area contributed by atoms with Gasteiger partial charge < -0.3 is 5.32 Å². The molecule has 0 aliphatic heterocycles. The zero-order valence-electron chi connectivity index (χ0n) is 9.59. The van der Waals surface area contributed by atoms with Crippen LogP contribution < -0.4 is 5.32 Å². The smallest absolute Gasteiger partial charge is 0.165 e. The van der Waals surface area contributed by atoms with Crippen LogP contribution in [0.3, 0.4) is 0 Å². The van der Waals surface area contributed by atoms with Crippen molar-refractivity contribution in [3.05, 3.63) is 60.4 Å². The topological polar surface area (TPSA) is 48.7 Å². The Morgan fingerprint density at radius 2 is 1.82 bits per heavy atom. The third-order valence-electron chi connectivity index (χ3n) is 2.57. The molecule has 0 saturated carbocycles. The first-order chi connectivity index (χ1) is 8.24. The molecule has 1 aromatic heterocycles. The van der Waals surface area contributed by atoms with E-state index in [0.29, 0.717) is 5.69 Å². The number of hydrogen-bond donors (Lipinski definition) is 1. The van der Waals surface area contributed by atoms with E-state index in [4.69, 9.17) is 0 Å². The minimum Gasteiger partial charge on any atom is -0.363 e. The van der Waals surface area contributed by atoms with Crippen molar-refractivity contribution in [3.8, 4) is 6.07 Å². The molecule has 84 valence electrons. The van der Waals surface area contributed by atoms with Gasteiger partial charge in [-0.05, 0) is 31.2 Å². The average Bonchev–Trinajstić information content (AvgIpc) is 2.41. The number of nitriles is 1. The number of nitrogens with zero attached hydrogens (tertiary/aromatic N) is 2. The maximum atomic E-state index is 9.35. The van der Waals surface area contributed by atoms with Gasteiger partial charge in [-0.2, -0.15) is 5.26 Å². The first-order valence-corrected chi connectivity index (χ1v) is 5.40. The lowest BCUT2D eigenvalue weighted by Gasteiger charge is -2.23. The number of rotatable bonds is 3. The largest absolute Gasteiger partial charge is 0.363 e. The van der Waals surface area contributed by atoms with Crippen molar-refractivity contribution in [3.63, 3.8) is 0 Å². The quantitative estimate of drug-likeness (QED) is 0.870. The van der Waals surface area contributed by atoms with Crippen LogP contribution in [0.15, 0.2) is 54.7 Å². The highest BCUT2D eigenvalue weighted by Gasteiger charge is 2.27. The summed E-state index contributed by atoms with van der Waals surface area (Å²) in [6, 6.07) is 17.5. The number of aromatic nitrogens is 1. The van der Waals surface area contributed by atoms with Crippen molar-refractivity contribution in [2.45, 2.75) is 12.5 Å². The van der Waals surface area contributed by atoms with Crippen molar-refractivity contribution in [2.24, 2.45) is 0 Å². The Morgan fingerprint density at radius 1 is 1.12 bits per heavy atom. The number of para-hydroxylation sites is 1.